The van der Waals surface area contributed by atoms with Crippen molar-refractivity contribution in [2.75, 3.05) is 0 Å². The van der Waals surface area contributed by atoms with Crippen LogP contribution in [0.25, 0.3) is 0 Å². The van der Waals surface area contributed by atoms with Gasteiger partial charge in [-0.2, -0.15) is 0 Å². The topological polar surface area (TPSA) is 68.0 Å². The number of aliphatic carboxylic acids is 1. The standard InChI is InChI=1S/C17H27N3O2/c1-14(2)7-4-8-15(3)9-5-10-16-13-20(19-18-16)12-6-11-17(21)22/h7,9,13H,4-6,8,10-12H2,1-3H3,(H,21,22)/b15-9+. The van der Waals surface area contributed by atoms with Gasteiger partial charge in [0.05, 0.1) is 5.69 Å². The molecule has 0 saturated heterocycles. The third kappa shape index (κ3) is 8.39. The summed E-state index contributed by atoms with van der Waals surface area (Å²) in [5.74, 6) is -0.769. The molecule has 0 aromatic carbocycles. The Morgan fingerprint density at radius 1 is 1.23 bits per heavy atom. The lowest BCUT2D eigenvalue weighted by molar-refractivity contribution is -0.137. The molecule has 22 heavy (non-hydrogen) atoms. The largest absolute Gasteiger partial charge is 0.481 e. The van der Waals surface area contributed by atoms with Gasteiger partial charge in [0.1, 0.15) is 0 Å². The Bertz CT molecular complexity index is 526. The number of nitrogens with zero attached hydrogens (tertiary/aromatic N) is 3. The number of aromatic nitrogens is 3. The molecule has 0 aliphatic heterocycles. The quantitative estimate of drug-likeness (QED) is 0.668. The van der Waals surface area contributed by atoms with E-state index in [0.717, 1.165) is 31.4 Å². The van der Waals surface area contributed by atoms with E-state index in [1.807, 2.05) is 6.20 Å². The van der Waals surface area contributed by atoms with Crippen LogP contribution in [0.4, 0.5) is 0 Å². The van der Waals surface area contributed by atoms with Gasteiger partial charge >= 0.3 is 5.97 Å². The zero-order valence-corrected chi connectivity index (χ0v) is 13.9. The van der Waals surface area contributed by atoms with Crippen LogP contribution >= 0.6 is 0 Å². The van der Waals surface area contributed by atoms with Gasteiger partial charge in [0.2, 0.25) is 0 Å². The van der Waals surface area contributed by atoms with E-state index in [1.165, 1.54) is 11.1 Å². The van der Waals surface area contributed by atoms with Gasteiger partial charge < -0.3 is 5.11 Å². The summed E-state index contributed by atoms with van der Waals surface area (Å²) in [4.78, 5) is 10.5. The van der Waals surface area contributed by atoms with Gasteiger partial charge in [0.15, 0.2) is 0 Å². The van der Waals surface area contributed by atoms with Gasteiger partial charge in [-0.15, -0.1) is 5.10 Å². The van der Waals surface area contributed by atoms with Crippen molar-refractivity contribution < 1.29 is 9.90 Å². The maximum atomic E-state index is 10.5. The van der Waals surface area contributed by atoms with Gasteiger partial charge in [-0.1, -0.05) is 28.5 Å². The van der Waals surface area contributed by atoms with Crippen LogP contribution in [0.2, 0.25) is 0 Å². The third-order valence-corrected chi connectivity index (χ3v) is 3.35. The van der Waals surface area contributed by atoms with Crippen LogP contribution in [-0.2, 0) is 17.8 Å². The van der Waals surface area contributed by atoms with Crippen molar-refractivity contribution in [3.63, 3.8) is 0 Å². The van der Waals surface area contributed by atoms with Crippen LogP contribution in [0.5, 0.6) is 0 Å². The normalized spacial score (nSPS) is 11.5. The number of carbonyl (C=O) groups is 1. The third-order valence-electron chi connectivity index (χ3n) is 3.35. The highest BCUT2D eigenvalue weighted by Gasteiger charge is 2.02. The molecule has 1 N–H and O–H groups in total. The van der Waals surface area contributed by atoms with Gasteiger partial charge in [-0.3, -0.25) is 9.48 Å². The number of rotatable bonds is 10. The Hall–Kier alpha value is -1.91. The molecule has 0 aliphatic carbocycles. The first-order valence-corrected chi connectivity index (χ1v) is 7.87. The molecule has 5 heteroatoms. The lowest BCUT2D eigenvalue weighted by Crippen LogP contribution is -2.02. The van der Waals surface area contributed by atoms with Crippen molar-refractivity contribution in [1.82, 2.24) is 15.0 Å². The Morgan fingerprint density at radius 2 is 2.00 bits per heavy atom. The van der Waals surface area contributed by atoms with E-state index in [-0.39, 0.29) is 6.42 Å². The van der Waals surface area contributed by atoms with Crippen molar-refractivity contribution in [3.8, 4) is 0 Å². The highest BCUT2D eigenvalue weighted by molar-refractivity contribution is 5.66. The molecule has 0 radical (unpaired) electrons. The van der Waals surface area contributed by atoms with Crippen molar-refractivity contribution >= 4 is 5.97 Å². The number of aryl methyl sites for hydroxylation is 2. The van der Waals surface area contributed by atoms with Crippen LogP contribution in [0, 0.1) is 0 Å². The molecule has 0 atom stereocenters. The Kier molecular flexibility index (Phi) is 8.18. The maximum Gasteiger partial charge on any atom is 0.303 e. The van der Waals surface area contributed by atoms with Gasteiger partial charge in [0, 0.05) is 19.2 Å². The number of carboxylic acid groups (broad SMARTS) is 1. The Morgan fingerprint density at radius 3 is 2.68 bits per heavy atom. The van der Waals surface area contributed by atoms with Crippen LogP contribution < -0.4 is 0 Å². The molecule has 0 saturated carbocycles. The van der Waals surface area contributed by atoms with E-state index in [2.05, 4.69) is 43.2 Å². The Balaban J connectivity index is 2.28. The monoisotopic (exact) mass is 305 g/mol. The molecule has 0 amide bonds. The summed E-state index contributed by atoms with van der Waals surface area (Å²) < 4.78 is 1.73. The van der Waals surface area contributed by atoms with Crippen LogP contribution in [0.15, 0.2) is 29.5 Å². The summed E-state index contributed by atoms with van der Waals surface area (Å²) >= 11 is 0. The second-order valence-corrected chi connectivity index (χ2v) is 5.88. The van der Waals surface area contributed by atoms with E-state index in [9.17, 15) is 4.79 Å². The smallest absolute Gasteiger partial charge is 0.303 e. The van der Waals surface area contributed by atoms with Crippen LogP contribution in [0.3, 0.4) is 0 Å². The molecule has 0 aliphatic rings. The molecule has 1 aromatic heterocycles. The summed E-state index contributed by atoms with van der Waals surface area (Å²) in [6, 6.07) is 0. The lowest BCUT2D eigenvalue weighted by atomic mass is 10.1. The zero-order chi connectivity index (χ0) is 16.4. The highest BCUT2D eigenvalue weighted by Crippen LogP contribution is 2.09. The van der Waals surface area contributed by atoms with E-state index in [0.29, 0.717) is 13.0 Å². The average Bonchev–Trinajstić information content (AvgIpc) is 2.86. The van der Waals surface area contributed by atoms with Crippen molar-refractivity contribution in [2.24, 2.45) is 0 Å². The van der Waals surface area contributed by atoms with Crippen molar-refractivity contribution in [3.05, 3.63) is 35.2 Å². The molecule has 0 bridgehead atoms. The zero-order valence-electron chi connectivity index (χ0n) is 13.9. The first-order chi connectivity index (χ1) is 10.5. The molecule has 122 valence electrons. The summed E-state index contributed by atoms with van der Waals surface area (Å²) in [5.41, 5.74) is 3.74. The van der Waals surface area contributed by atoms with E-state index < -0.39 is 5.97 Å². The highest BCUT2D eigenvalue weighted by atomic mass is 16.4. The number of hydrogen-bond donors (Lipinski definition) is 1. The first-order valence-electron chi connectivity index (χ1n) is 7.87. The minimum absolute atomic E-state index is 0.169. The van der Waals surface area contributed by atoms with Crippen LogP contribution in [-0.4, -0.2) is 26.1 Å². The summed E-state index contributed by atoms with van der Waals surface area (Å²) in [6.07, 6.45) is 11.2. The lowest BCUT2D eigenvalue weighted by Gasteiger charge is -1.99. The van der Waals surface area contributed by atoms with Crippen molar-refractivity contribution in [2.45, 2.75) is 65.8 Å². The van der Waals surface area contributed by atoms with E-state index in [1.54, 1.807) is 4.68 Å². The summed E-state index contributed by atoms with van der Waals surface area (Å²) in [5, 5.41) is 16.7. The average molecular weight is 305 g/mol. The molecule has 0 unspecified atom stereocenters. The fraction of sp³-hybridized carbons (Fsp3) is 0.588. The SMILES string of the molecule is CC(C)=CCC/C(C)=C/CCc1cn(CCCC(=O)O)nn1. The maximum absolute atomic E-state index is 10.5. The fourth-order valence-corrected chi connectivity index (χ4v) is 2.11. The van der Waals surface area contributed by atoms with E-state index >= 15 is 0 Å². The molecule has 1 heterocycles. The van der Waals surface area contributed by atoms with Gasteiger partial charge in [0.25, 0.3) is 0 Å². The number of hydrogen-bond acceptors (Lipinski definition) is 3. The fourth-order valence-electron chi connectivity index (χ4n) is 2.11. The molecule has 1 aromatic rings. The molecular weight excluding hydrogens is 278 g/mol. The summed E-state index contributed by atoms with van der Waals surface area (Å²) in [6.45, 7) is 7.02. The molecule has 0 spiro atoms. The molecule has 0 fully saturated rings. The first kappa shape index (κ1) is 18.1. The number of allylic oxidation sites excluding steroid dienone is 4. The Labute approximate surface area is 132 Å². The molecule has 5 nitrogen and oxygen atoms in total. The number of carboxylic acids is 1. The van der Waals surface area contributed by atoms with Gasteiger partial charge in [-0.05, 0) is 52.9 Å². The predicted octanol–water partition coefficient (Wildman–Crippen LogP) is 3.77. The predicted molar refractivity (Wildman–Crippen MR) is 87.6 cm³/mol. The summed E-state index contributed by atoms with van der Waals surface area (Å²) in [7, 11) is 0. The van der Waals surface area contributed by atoms with Crippen LogP contribution in [0.1, 0.15) is 58.6 Å². The minimum Gasteiger partial charge on any atom is -0.481 e. The van der Waals surface area contributed by atoms with Crippen molar-refractivity contribution in [1.29, 1.82) is 0 Å². The second kappa shape index (κ2) is 9.92. The molecular formula is C17H27N3O2. The second-order valence-electron chi connectivity index (χ2n) is 5.88. The minimum atomic E-state index is -0.769. The van der Waals surface area contributed by atoms with Gasteiger partial charge in [-0.25, -0.2) is 0 Å². The molecule has 1 rings (SSSR count). The van der Waals surface area contributed by atoms with E-state index in [4.69, 9.17) is 5.11 Å².